The van der Waals surface area contributed by atoms with Crippen molar-refractivity contribution in [3.63, 3.8) is 0 Å². The molecular formula is C18H19ClN2O2S3. The van der Waals surface area contributed by atoms with Crippen LogP contribution in [0.25, 0.3) is 10.6 Å². The third-order valence-electron chi connectivity index (χ3n) is 3.80. The van der Waals surface area contributed by atoms with Gasteiger partial charge in [0.05, 0.1) is 11.4 Å². The predicted octanol–water partition coefficient (Wildman–Crippen LogP) is 5.93. The third kappa shape index (κ3) is 4.11. The number of thiophene rings is 1. The van der Waals surface area contributed by atoms with E-state index in [1.165, 1.54) is 22.7 Å². The van der Waals surface area contributed by atoms with Gasteiger partial charge in [-0.1, -0.05) is 38.4 Å². The standard InChI is InChI=1S/C18H19ClN2O2S3/c1-11-5-6-13(19)8-14(11)21-26(22,23)16-7-12(9-24-16)17-20-15(10-25-17)18(2,3)4/h5-10,21H,1-4H3. The van der Waals surface area contributed by atoms with Crippen LogP contribution in [0.1, 0.15) is 32.0 Å². The number of hydrogen-bond acceptors (Lipinski definition) is 5. The quantitative estimate of drug-likeness (QED) is 0.562. The number of aryl methyl sites for hydroxylation is 1. The van der Waals surface area contributed by atoms with Crippen LogP contribution in [0, 0.1) is 6.92 Å². The van der Waals surface area contributed by atoms with E-state index < -0.39 is 10.0 Å². The van der Waals surface area contributed by atoms with Gasteiger partial charge in [0.25, 0.3) is 10.0 Å². The Labute approximate surface area is 166 Å². The molecule has 0 unspecified atom stereocenters. The second kappa shape index (κ2) is 6.96. The lowest BCUT2D eigenvalue weighted by atomic mass is 9.93. The Kier molecular flexibility index (Phi) is 5.18. The van der Waals surface area contributed by atoms with Gasteiger partial charge in [-0.05, 0) is 30.7 Å². The molecule has 1 N–H and O–H groups in total. The number of aromatic nitrogens is 1. The lowest BCUT2D eigenvalue weighted by Crippen LogP contribution is -2.12. The van der Waals surface area contributed by atoms with Crippen LogP contribution in [-0.4, -0.2) is 13.4 Å². The number of hydrogen-bond donors (Lipinski definition) is 1. The minimum Gasteiger partial charge on any atom is -0.279 e. The minimum atomic E-state index is -3.67. The number of rotatable bonds is 4. The van der Waals surface area contributed by atoms with Crippen molar-refractivity contribution < 1.29 is 8.42 Å². The molecule has 1 aromatic carbocycles. The van der Waals surface area contributed by atoms with Crippen LogP contribution in [0.15, 0.2) is 39.2 Å². The van der Waals surface area contributed by atoms with Gasteiger partial charge in [-0.25, -0.2) is 13.4 Å². The fourth-order valence-corrected chi connectivity index (χ4v) is 5.79. The molecule has 0 bridgehead atoms. The van der Waals surface area contributed by atoms with Crippen LogP contribution in [0.3, 0.4) is 0 Å². The maximum atomic E-state index is 12.7. The van der Waals surface area contributed by atoms with Crippen molar-refractivity contribution >= 4 is 50.0 Å². The maximum absolute atomic E-state index is 12.7. The highest BCUT2D eigenvalue weighted by Crippen LogP contribution is 2.34. The Hall–Kier alpha value is -1.41. The molecule has 0 atom stereocenters. The molecule has 8 heteroatoms. The lowest BCUT2D eigenvalue weighted by Gasteiger charge is -2.14. The van der Waals surface area contributed by atoms with E-state index in [0.717, 1.165) is 21.8 Å². The second-order valence-corrected chi connectivity index (χ2v) is 11.1. The van der Waals surface area contributed by atoms with Crippen molar-refractivity contribution in [2.75, 3.05) is 4.72 Å². The van der Waals surface area contributed by atoms with E-state index in [9.17, 15) is 8.42 Å². The van der Waals surface area contributed by atoms with Gasteiger partial charge in [-0.2, -0.15) is 0 Å². The highest BCUT2D eigenvalue weighted by Gasteiger charge is 2.21. The first-order valence-electron chi connectivity index (χ1n) is 7.90. The van der Waals surface area contributed by atoms with E-state index in [-0.39, 0.29) is 9.62 Å². The second-order valence-electron chi connectivity index (χ2n) is 7.01. The number of halogens is 1. The highest BCUT2D eigenvalue weighted by molar-refractivity contribution is 7.94. The zero-order valence-electron chi connectivity index (χ0n) is 14.8. The molecule has 138 valence electrons. The summed E-state index contributed by atoms with van der Waals surface area (Å²) in [5, 5.41) is 5.16. The van der Waals surface area contributed by atoms with Crippen LogP contribution in [0.4, 0.5) is 5.69 Å². The van der Waals surface area contributed by atoms with Crippen molar-refractivity contribution in [1.29, 1.82) is 0 Å². The van der Waals surface area contributed by atoms with E-state index in [0.29, 0.717) is 10.7 Å². The van der Waals surface area contributed by atoms with Gasteiger partial charge < -0.3 is 0 Å². The Morgan fingerprint density at radius 3 is 2.50 bits per heavy atom. The van der Waals surface area contributed by atoms with Crippen molar-refractivity contribution in [2.24, 2.45) is 0 Å². The molecule has 2 aromatic heterocycles. The molecule has 3 rings (SSSR count). The van der Waals surface area contributed by atoms with Crippen LogP contribution < -0.4 is 4.72 Å². The maximum Gasteiger partial charge on any atom is 0.271 e. The van der Waals surface area contributed by atoms with Crippen LogP contribution in [0.5, 0.6) is 0 Å². The molecule has 0 amide bonds. The molecule has 0 radical (unpaired) electrons. The highest BCUT2D eigenvalue weighted by atomic mass is 35.5. The first-order valence-corrected chi connectivity index (χ1v) is 11.5. The predicted molar refractivity (Wildman–Crippen MR) is 111 cm³/mol. The first-order chi connectivity index (χ1) is 12.1. The van der Waals surface area contributed by atoms with Gasteiger partial charge in [0.1, 0.15) is 9.22 Å². The molecule has 0 fully saturated rings. The van der Waals surface area contributed by atoms with E-state index in [1.54, 1.807) is 24.3 Å². The molecule has 0 aliphatic heterocycles. The van der Waals surface area contributed by atoms with Crippen molar-refractivity contribution in [3.8, 4) is 10.6 Å². The van der Waals surface area contributed by atoms with Gasteiger partial charge in [0.2, 0.25) is 0 Å². The molecule has 26 heavy (non-hydrogen) atoms. The number of benzene rings is 1. The summed E-state index contributed by atoms with van der Waals surface area (Å²) in [6.07, 6.45) is 0. The Morgan fingerprint density at radius 1 is 1.12 bits per heavy atom. The molecule has 0 aliphatic carbocycles. The number of nitrogens with one attached hydrogen (secondary N) is 1. The number of anilines is 1. The van der Waals surface area contributed by atoms with Gasteiger partial charge in [-0.15, -0.1) is 22.7 Å². The zero-order chi connectivity index (χ0) is 19.1. The molecule has 0 saturated heterocycles. The largest absolute Gasteiger partial charge is 0.279 e. The smallest absolute Gasteiger partial charge is 0.271 e. The van der Waals surface area contributed by atoms with Gasteiger partial charge in [-0.3, -0.25) is 4.72 Å². The van der Waals surface area contributed by atoms with Crippen LogP contribution in [-0.2, 0) is 15.4 Å². The minimum absolute atomic E-state index is 0.0364. The average molecular weight is 427 g/mol. The Balaban J connectivity index is 1.89. The van der Waals surface area contributed by atoms with Crippen molar-refractivity contribution in [2.45, 2.75) is 37.3 Å². The van der Waals surface area contributed by atoms with Gasteiger partial charge in [0.15, 0.2) is 0 Å². The van der Waals surface area contributed by atoms with E-state index in [2.05, 4.69) is 30.5 Å². The number of thiazole rings is 1. The van der Waals surface area contributed by atoms with Gasteiger partial charge in [0, 0.05) is 26.8 Å². The van der Waals surface area contributed by atoms with E-state index in [4.69, 9.17) is 11.6 Å². The van der Waals surface area contributed by atoms with Gasteiger partial charge >= 0.3 is 0 Å². The summed E-state index contributed by atoms with van der Waals surface area (Å²) in [7, 11) is -3.67. The molecule has 2 heterocycles. The number of nitrogens with zero attached hydrogens (tertiary/aromatic N) is 1. The molecular weight excluding hydrogens is 408 g/mol. The molecule has 0 saturated carbocycles. The number of sulfonamides is 1. The topological polar surface area (TPSA) is 59.1 Å². The fraction of sp³-hybridized carbons (Fsp3) is 0.278. The van der Waals surface area contributed by atoms with Crippen LogP contribution in [0.2, 0.25) is 5.02 Å². The monoisotopic (exact) mass is 426 g/mol. The fourth-order valence-electron chi connectivity index (χ4n) is 2.22. The summed E-state index contributed by atoms with van der Waals surface area (Å²) < 4.78 is 28.3. The summed E-state index contributed by atoms with van der Waals surface area (Å²) in [5.41, 5.74) is 3.08. The summed E-state index contributed by atoms with van der Waals surface area (Å²) >= 11 is 8.68. The summed E-state index contributed by atoms with van der Waals surface area (Å²) in [4.78, 5) is 4.65. The van der Waals surface area contributed by atoms with Crippen molar-refractivity contribution in [1.82, 2.24) is 4.98 Å². The summed E-state index contributed by atoms with van der Waals surface area (Å²) in [6, 6.07) is 6.79. The molecule has 0 aliphatic rings. The Morgan fingerprint density at radius 2 is 1.85 bits per heavy atom. The molecule has 0 spiro atoms. The third-order valence-corrected chi connectivity index (χ3v) is 7.74. The van der Waals surface area contributed by atoms with Crippen LogP contribution >= 0.6 is 34.3 Å². The summed E-state index contributed by atoms with van der Waals surface area (Å²) in [5.74, 6) is 0. The lowest BCUT2D eigenvalue weighted by molar-refractivity contribution is 0.573. The average Bonchev–Trinajstić information content (AvgIpc) is 3.18. The summed E-state index contributed by atoms with van der Waals surface area (Å²) in [6.45, 7) is 8.14. The molecule has 4 nitrogen and oxygen atoms in total. The van der Waals surface area contributed by atoms with E-state index in [1.807, 2.05) is 17.7 Å². The normalized spacial score (nSPS) is 12.3. The SMILES string of the molecule is Cc1ccc(Cl)cc1NS(=O)(=O)c1cc(-c2nc(C(C)(C)C)cs2)cs1. The zero-order valence-corrected chi connectivity index (χ0v) is 18.0. The van der Waals surface area contributed by atoms with Crippen molar-refractivity contribution in [3.05, 3.63) is 51.3 Å². The first kappa shape index (κ1) is 19.4. The Bertz CT molecular complexity index is 1050. The molecule has 3 aromatic rings. The van der Waals surface area contributed by atoms with E-state index >= 15 is 0 Å².